The highest BCUT2D eigenvalue weighted by atomic mass is 32.2. The van der Waals surface area contributed by atoms with E-state index in [0.717, 1.165) is 5.56 Å². The van der Waals surface area contributed by atoms with Crippen LogP contribution in [0.3, 0.4) is 0 Å². The van der Waals surface area contributed by atoms with Gasteiger partial charge in [0.05, 0.1) is 4.90 Å². The number of amides is 2. The normalized spacial score (nSPS) is 12.6. The van der Waals surface area contributed by atoms with E-state index in [4.69, 9.17) is 0 Å². The number of benzene rings is 2. The van der Waals surface area contributed by atoms with Gasteiger partial charge in [-0.2, -0.15) is 4.31 Å². The largest absolute Gasteiger partial charge is 0.350 e. The maximum Gasteiger partial charge on any atom is 0.251 e. The van der Waals surface area contributed by atoms with Crippen LogP contribution in [0.5, 0.6) is 0 Å². The van der Waals surface area contributed by atoms with E-state index in [1.807, 2.05) is 19.9 Å². The molecule has 2 rings (SSSR count). The number of nitrogens with zero attached hydrogens (tertiary/aromatic N) is 1. The number of hydrogen-bond acceptors (Lipinski definition) is 4. The highest BCUT2D eigenvalue weighted by Gasteiger charge is 2.25. The number of rotatable bonds is 10. The van der Waals surface area contributed by atoms with Gasteiger partial charge in [-0.3, -0.25) is 9.59 Å². The Bertz CT molecular complexity index is 970. The Kier molecular flexibility index (Phi) is 8.76. The lowest BCUT2D eigenvalue weighted by molar-refractivity contribution is -0.124. The molecule has 0 saturated heterocycles. The molecule has 31 heavy (non-hydrogen) atoms. The van der Waals surface area contributed by atoms with Crippen LogP contribution in [0.25, 0.3) is 0 Å². The summed E-state index contributed by atoms with van der Waals surface area (Å²) in [6, 6.07) is 14.5. The summed E-state index contributed by atoms with van der Waals surface area (Å²) in [5.74, 6) is -0.700. The third-order valence-electron chi connectivity index (χ3n) is 5.00. The van der Waals surface area contributed by atoms with Crippen molar-refractivity contribution < 1.29 is 18.0 Å². The summed E-state index contributed by atoms with van der Waals surface area (Å²) < 4.78 is 26.5. The molecule has 2 aromatic carbocycles. The fourth-order valence-corrected chi connectivity index (χ4v) is 4.60. The summed E-state index contributed by atoms with van der Waals surface area (Å²) in [6.07, 6.45) is 0. The molecule has 0 heterocycles. The van der Waals surface area contributed by atoms with Gasteiger partial charge in [0.1, 0.15) is 6.04 Å². The van der Waals surface area contributed by atoms with Crippen LogP contribution in [0.1, 0.15) is 43.6 Å². The van der Waals surface area contributed by atoms with Crippen LogP contribution in [0.4, 0.5) is 0 Å². The third kappa shape index (κ3) is 6.38. The van der Waals surface area contributed by atoms with Crippen LogP contribution in [0.15, 0.2) is 59.5 Å². The molecule has 0 bridgehead atoms. The van der Waals surface area contributed by atoms with Crippen molar-refractivity contribution in [2.24, 2.45) is 5.92 Å². The molecule has 0 radical (unpaired) electrons. The Morgan fingerprint density at radius 1 is 0.935 bits per heavy atom. The zero-order valence-corrected chi connectivity index (χ0v) is 19.3. The third-order valence-corrected chi connectivity index (χ3v) is 7.07. The van der Waals surface area contributed by atoms with Gasteiger partial charge >= 0.3 is 0 Å². The number of sulfonamides is 1. The van der Waals surface area contributed by atoms with E-state index in [0.29, 0.717) is 18.7 Å². The molecule has 0 spiro atoms. The van der Waals surface area contributed by atoms with E-state index in [1.54, 1.807) is 62.4 Å². The Hall–Kier alpha value is -2.71. The van der Waals surface area contributed by atoms with E-state index in [1.165, 1.54) is 4.31 Å². The van der Waals surface area contributed by atoms with Gasteiger partial charge in [0.2, 0.25) is 15.9 Å². The summed E-state index contributed by atoms with van der Waals surface area (Å²) in [5.41, 5.74) is 1.26. The number of nitrogens with one attached hydrogen (secondary N) is 2. The highest BCUT2D eigenvalue weighted by molar-refractivity contribution is 7.89. The van der Waals surface area contributed by atoms with Crippen molar-refractivity contribution in [3.8, 4) is 0 Å². The highest BCUT2D eigenvalue weighted by Crippen LogP contribution is 2.16. The predicted octanol–water partition coefficient (Wildman–Crippen LogP) is 2.79. The summed E-state index contributed by atoms with van der Waals surface area (Å²) in [4.78, 5) is 25.3. The number of hydrogen-bond donors (Lipinski definition) is 2. The zero-order valence-electron chi connectivity index (χ0n) is 18.5. The average molecular weight is 446 g/mol. The fourth-order valence-electron chi connectivity index (χ4n) is 3.14. The monoisotopic (exact) mass is 445 g/mol. The number of carbonyl (C=O) groups excluding carboxylic acids is 2. The van der Waals surface area contributed by atoms with Crippen molar-refractivity contribution in [3.63, 3.8) is 0 Å². The van der Waals surface area contributed by atoms with E-state index in [-0.39, 0.29) is 29.2 Å². The van der Waals surface area contributed by atoms with Gasteiger partial charge in [-0.05, 0) is 35.7 Å². The molecule has 0 aromatic heterocycles. The van der Waals surface area contributed by atoms with Gasteiger partial charge in [-0.15, -0.1) is 0 Å². The summed E-state index contributed by atoms with van der Waals surface area (Å²) >= 11 is 0. The molecule has 1 unspecified atom stereocenters. The fraction of sp³-hybridized carbons (Fsp3) is 0.391. The van der Waals surface area contributed by atoms with Crippen molar-refractivity contribution >= 4 is 21.8 Å². The molecule has 0 aliphatic heterocycles. The Morgan fingerprint density at radius 2 is 1.52 bits per heavy atom. The minimum atomic E-state index is -3.52. The second kappa shape index (κ2) is 11.1. The zero-order chi connectivity index (χ0) is 23.0. The first-order valence-electron chi connectivity index (χ1n) is 10.4. The number of carbonyl (C=O) groups is 2. The standard InChI is InChI=1S/C23H31N3O4S/c1-5-26(6-2)31(29,30)20-14-12-18(13-15-20)16-24-23(28)21(17(3)4)25-22(27)19-10-8-7-9-11-19/h7-15,17,21H,5-6,16H2,1-4H3,(H,24,28)(H,25,27). The average Bonchev–Trinajstić information content (AvgIpc) is 2.77. The smallest absolute Gasteiger partial charge is 0.251 e. The first kappa shape index (κ1) is 24.6. The molecule has 0 aliphatic rings. The first-order chi connectivity index (χ1) is 14.7. The minimum Gasteiger partial charge on any atom is -0.350 e. The molecule has 8 heteroatoms. The quantitative estimate of drug-likeness (QED) is 0.588. The van der Waals surface area contributed by atoms with Gasteiger partial charge < -0.3 is 10.6 Å². The Labute approximate surface area is 184 Å². The van der Waals surface area contributed by atoms with Crippen molar-refractivity contribution in [1.29, 1.82) is 0 Å². The molecule has 2 aromatic rings. The maximum atomic E-state index is 12.7. The summed E-state index contributed by atoms with van der Waals surface area (Å²) in [7, 11) is -3.52. The lowest BCUT2D eigenvalue weighted by atomic mass is 10.0. The molecule has 1 atom stereocenters. The van der Waals surface area contributed by atoms with E-state index < -0.39 is 16.1 Å². The van der Waals surface area contributed by atoms with Gasteiger partial charge in [0, 0.05) is 25.2 Å². The maximum absolute atomic E-state index is 12.7. The molecule has 0 aliphatic carbocycles. The Balaban J connectivity index is 2.02. The van der Waals surface area contributed by atoms with Gasteiger partial charge in [-0.1, -0.05) is 58.0 Å². The van der Waals surface area contributed by atoms with Crippen molar-refractivity contribution in [1.82, 2.24) is 14.9 Å². The van der Waals surface area contributed by atoms with Crippen molar-refractivity contribution in [3.05, 3.63) is 65.7 Å². The topological polar surface area (TPSA) is 95.6 Å². The van der Waals surface area contributed by atoms with E-state index >= 15 is 0 Å². The molecule has 2 N–H and O–H groups in total. The molecular formula is C23H31N3O4S. The second-order valence-electron chi connectivity index (χ2n) is 7.51. The van der Waals surface area contributed by atoms with Crippen LogP contribution in [-0.4, -0.2) is 43.7 Å². The first-order valence-corrected chi connectivity index (χ1v) is 11.9. The molecule has 0 fully saturated rings. The van der Waals surface area contributed by atoms with E-state index in [2.05, 4.69) is 10.6 Å². The Morgan fingerprint density at radius 3 is 2.03 bits per heavy atom. The van der Waals surface area contributed by atoms with Crippen LogP contribution >= 0.6 is 0 Å². The van der Waals surface area contributed by atoms with Gasteiger partial charge in [0.15, 0.2) is 0 Å². The van der Waals surface area contributed by atoms with Gasteiger partial charge in [-0.25, -0.2) is 8.42 Å². The van der Waals surface area contributed by atoms with Gasteiger partial charge in [0.25, 0.3) is 5.91 Å². The summed E-state index contributed by atoms with van der Waals surface area (Å²) in [5, 5.41) is 5.61. The molecule has 0 saturated carbocycles. The molecule has 2 amide bonds. The van der Waals surface area contributed by atoms with Crippen LogP contribution in [0.2, 0.25) is 0 Å². The lowest BCUT2D eigenvalue weighted by Crippen LogP contribution is -2.49. The summed E-state index contributed by atoms with van der Waals surface area (Å²) in [6.45, 7) is 8.36. The minimum absolute atomic E-state index is 0.103. The molecule has 7 nitrogen and oxygen atoms in total. The van der Waals surface area contributed by atoms with Crippen molar-refractivity contribution in [2.75, 3.05) is 13.1 Å². The van der Waals surface area contributed by atoms with Crippen LogP contribution in [-0.2, 0) is 21.4 Å². The SMILES string of the molecule is CCN(CC)S(=O)(=O)c1ccc(CNC(=O)C(NC(=O)c2ccccc2)C(C)C)cc1. The van der Waals surface area contributed by atoms with E-state index in [9.17, 15) is 18.0 Å². The lowest BCUT2D eigenvalue weighted by Gasteiger charge is -2.22. The second-order valence-corrected chi connectivity index (χ2v) is 9.45. The van der Waals surface area contributed by atoms with Crippen LogP contribution in [0, 0.1) is 5.92 Å². The molecule has 168 valence electrons. The molecular weight excluding hydrogens is 414 g/mol. The predicted molar refractivity (Wildman–Crippen MR) is 121 cm³/mol. The van der Waals surface area contributed by atoms with Crippen LogP contribution < -0.4 is 10.6 Å². The van der Waals surface area contributed by atoms with Crippen molar-refractivity contribution in [2.45, 2.75) is 45.2 Å².